The van der Waals surface area contributed by atoms with E-state index < -0.39 is 5.97 Å². The monoisotopic (exact) mass is 363 g/mol. The highest BCUT2D eigenvalue weighted by Crippen LogP contribution is 2.39. The predicted octanol–water partition coefficient (Wildman–Crippen LogP) is 4.83. The number of benzene rings is 1. The van der Waals surface area contributed by atoms with E-state index >= 15 is 0 Å². The van der Waals surface area contributed by atoms with E-state index in [0.717, 1.165) is 5.69 Å². The SMILES string of the molecule is Cc1nn2c(C(C)C)cc(C(=O)O)nc2c1-c1c(Cl)cccc1Cl. The van der Waals surface area contributed by atoms with Gasteiger partial charge < -0.3 is 5.11 Å². The van der Waals surface area contributed by atoms with E-state index in [4.69, 9.17) is 23.2 Å². The summed E-state index contributed by atoms with van der Waals surface area (Å²) < 4.78 is 1.67. The van der Waals surface area contributed by atoms with Crippen LogP contribution in [0.3, 0.4) is 0 Å². The molecule has 0 fully saturated rings. The lowest BCUT2D eigenvalue weighted by molar-refractivity contribution is 0.0690. The van der Waals surface area contributed by atoms with Crippen molar-refractivity contribution in [1.82, 2.24) is 14.6 Å². The normalized spacial score (nSPS) is 11.4. The molecule has 0 amide bonds. The van der Waals surface area contributed by atoms with E-state index in [1.807, 2.05) is 20.8 Å². The fourth-order valence-corrected chi connectivity index (χ4v) is 3.28. The summed E-state index contributed by atoms with van der Waals surface area (Å²) in [4.78, 5) is 15.7. The molecule has 0 spiro atoms. The van der Waals surface area contributed by atoms with Gasteiger partial charge in [0.1, 0.15) is 0 Å². The largest absolute Gasteiger partial charge is 0.477 e. The second kappa shape index (κ2) is 6.07. The van der Waals surface area contributed by atoms with Gasteiger partial charge in [0.15, 0.2) is 11.3 Å². The Balaban J connectivity index is 2.46. The number of carboxylic acids is 1. The molecular weight excluding hydrogens is 349 g/mol. The van der Waals surface area contributed by atoms with Gasteiger partial charge in [-0.25, -0.2) is 14.3 Å². The number of carbonyl (C=O) groups is 1. The molecule has 5 nitrogen and oxygen atoms in total. The molecule has 2 heterocycles. The number of hydrogen-bond donors (Lipinski definition) is 1. The standard InChI is InChI=1S/C17H15Cl2N3O2/c1-8(2)13-7-12(17(23)24)20-16-14(9(3)21-22(13)16)15-10(18)5-4-6-11(15)19/h4-8H,1-3H3,(H,23,24). The molecule has 7 heteroatoms. The summed E-state index contributed by atoms with van der Waals surface area (Å²) in [6, 6.07) is 6.77. The number of aryl methyl sites for hydroxylation is 1. The number of fused-ring (bicyclic) bond motifs is 1. The fraction of sp³-hybridized carbons (Fsp3) is 0.235. The zero-order chi connectivity index (χ0) is 17.6. The zero-order valence-corrected chi connectivity index (χ0v) is 14.9. The van der Waals surface area contributed by atoms with E-state index in [9.17, 15) is 9.90 Å². The zero-order valence-electron chi connectivity index (χ0n) is 13.3. The molecule has 0 atom stereocenters. The Morgan fingerprint density at radius 2 is 1.83 bits per heavy atom. The van der Waals surface area contributed by atoms with E-state index in [1.165, 1.54) is 0 Å². The van der Waals surface area contributed by atoms with E-state index in [0.29, 0.717) is 32.5 Å². The first-order chi connectivity index (χ1) is 11.3. The molecule has 0 unspecified atom stereocenters. The van der Waals surface area contributed by atoms with Crippen molar-refractivity contribution in [1.29, 1.82) is 0 Å². The van der Waals surface area contributed by atoms with Crippen molar-refractivity contribution in [3.05, 3.63) is 51.4 Å². The van der Waals surface area contributed by atoms with Crippen molar-refractivity contribution in [3.63, 3.8) is 0 Å². The maximum atomic E-state index is 11.5. The van der Waals surface area contributed by atoms with E-state index in [2.05, 4.69) is 10.1 Å². The van der Waals surface area contributed by atoms with Gasteiger partial charge in [-0.3, -0.25) is 0 Å². The van der Waals surface area contributed by atoms with Crippen LogP contribution in [0, 0.1) is 6.92 Å². The molecule has 0 aliphatic carbocycles. The molecular formula is C17H15Cl2N3O2. The van der Waals surface area contributed by atoms with E-state index in [-0.39, 0.29) is 11.6 Å². The summed E-state index contributed by atoms with van der Waals surface area (Å²) >= 11 is 12.7. The topological polar surface area (TPSA) is 67.5 Å². The molecule has 1 aromatic carbocycles. The highest BCUT2D eigenvalue weighted by atomic mass is 35.5. The van der Waals surface area contributed by atoms with Crippen LogP contribution >= 0.6 is 23.2 Å². The van der Waals surface area contributed by atoms with Crippen LogP contribution < -0.4 is 0 Å². The highest BCUT2D eigenvalue weighted by Gasteiger charge is 2.22. The molecule has 124 valence electrons. The van der Waals surface area contributed by atoms with Crippen LogP contribution in [0.5, 0.6) is 0 Å². The third-order valence-corrected chi connectivity index (χ3v) is 4.44. The van der Waals surface area contributed by atoms with Gasteiger partial charge in [-0.2, -0.15) is 5.10 Å². The summed E-state index contributed by atoms with van der Waals surface area (Å²) in [7, 11) is 0. The number of nitrogens with zero attached hydrogens (tertiary/aromatic N) is 3. The first-order valence-electron chi connectivity index (χ1n) is 7.39. The van der Waals surface area contributed by atoms with Gasteiger partial charge >= 0.3 is 5.97 Å². The number of aromatic carboxylic acids is 1. The second-order valence-corrected chi connectivity index (χ2v) is 6.63. The highest BCUT2D eigenvalue weighted by molar-refractivity contribution is 6.39. The summed E-state index contributed by atoms with van der Waals surface area (Å²) in [5, 5.41) is 14.9. The van der Waals surface area contributed by atoms with Crippen LogP contribution in [0.1, 0.15) is 41.6 Å². The summed E-state index contributed by atoms with van der Waals surface area (Å²) in [5.74, 6) is -1.02. The van der Waals surface area contributed by atoms with Crippen molar-refractivity contribution >= 4 is 34.8 Å². The second-order valence-electron chi connectivity index (χ2n) is 5.82. The Kier molecular flexibility index (Phi) is 4.24. The van der Waals surface area contributed by atoms with Crippen molar-refractivity contribution in [2.45, 2.75) is 26.7 Å². The Labute approximate surface area is 148 Å². The summed E-state index contributed by atoms with van der Waals surface area (Å²) in [6.07, 6.45) is 0. The lowest BCUT2D eigenvalue weighted by atomic mass is 10.1. The van der Waals surface area contributed by atoms with Gasteiger partial charge in [0, 0.05) is 11.3 Å². The lowest BCUT2D eigenvalue weighted by Gasteiger charge is -2.10. The lowest BCUT2D eigenvalue weighted by Crippen LogP contribution is -2.09. The number of halogens is 2. The van der Waals surface area contributed by atoms with Crippen LogP contribution in [-0.2, 0) is 0 Å². The van der Waals surface area contributed by atoms with Crippen molar-refractivity contribution < 1.29 is 9.90 Å². The van der Waals surface area contributed by atoms with Crippen LogP contribution in [0.4, 0.5) is 0 Å². The van der Waals surface area contributed by atoms with Crippen LogP contribution in [0.2, 0.25) is 10.0 Å². The molecule has 0 saturated carbocycles. The molecule has 3 aromatic rings. The van der Waals surface area contributed by atoms with Crippen molar-refractivity contribution in [3.8, 4) is 11.1 Å². The first kappa shape index (κ1) is 16.7. The van der Waals surface area contributed by atoms with Gasteiger partial charge in [0.05, 0.1) is 21.3 Å². The minimum absolute atomic E-state index is 0.0319. The number of hydrogen-bond acceptors (Lipinski definition) is 3. The van der Waals surface area contributed by atoms with Crippen molar-refractivity contribution in [2.75, 3.05) is 0 Å². The third kappa shape index (κ3) is 2.64. The minimum Gasteiger partial charge on any atom is -0.477 e. The average Bonchev–Trinajstić information content (AvgIpc) is 2.82. The van der Waals surface area contributed by atoms with E-state index in [1.54, 1.807) is 28.8 Å². The maximum Gasteiger partial charge on any atom is 0.354 e. The third-order valence-electron chi connectivity index (χ3n) is 3.81. The Morgan fingerprint density at radius 1 is 1.21 bits per heavy atom. The molecule has 24 heavy (non-hydrogen) atoms. The number of carboxylic acid groups (broad SMARTS) is 1. The molecule has 3 rings (SSSR count). The van der Waals surface area contributed by atoms with Crippen LogP contribution in [0.15, 0.2) is 24.3 Å². The van der Waals surface area contributed by atoms with Gasteiger partial charge in [0.2, 0.25) is 0 Å². The van der Waals surface area contributed by atoms with Gasteiger partial charge in [-0.1, -0.05) is 43.1 Å². The predicted molar refractivity (Wildman–Crippen MR) is 94.2 cm³/mol. The Hall–Kier alpha value is -2.11. The van der Waals surface area contributed by atoms with Gasteiger partial charge in [0.25, 0.3) is 0 Å². The van der Waals surface area contributed by atoms with Crippen molar-refractivity contribution in [2.24, 2.45) is 0 Å². The fourth-order valence-electron chi connectivity index (χ4n) is 2.70. The quantitative estimate of drug-likeness (QED) is 0.723. The molecule has 0 saturated heterocycles. The molecule has 0 aliphatic heterocycles. The minimum atomic E-state index is -1.09. The Morgan fingerprint density at radius 3 is 2.38 bits per heavy atom. The Bertz CT molecular complexity index is 944. The van der Waals surface area contributed by atoms with Gasteiger partial charge in [-0.15, -0.1) is 0 Å². The maximum absolute atomic E-state index is 11.5. The molecule has 1 N–H and O–H groups in total. The summed E-state index contributed by atoms with van der Waals surface area (Å²) in [5.41, 5.74) is 3.10. The van der Waals surface area contributed by atoms with Gasteiger partial charge in [-0.05, 0) is 31.0 Å². The van der Waals surface area contributed by atoms with Crippen LogP contribution in [0.25, 0.3) is 16.8 Å². The molecule has 0 radical (unpaired) electrons. The summed E-state index contributed by atoms with van der Waals surface area (Å²) in [6.45, 7) is 5.77. The molecule has 0 aliphatic rings. The molecule has 0 bridgehead atoms. The number of aromatic nitrogens is 3. The molecule has 2 aromatic heterocycles. The average molecular weight is 364 g/mol. The van der Waals surface area contributed by atoms with Crippen LogP contribution in [-0.4, -0.2) is 25.7 Å². The smallest absolute Gasteiger partial charge is 0.354 e. The first-order valence-corrected chi connectivity index (χ1v) is 8.14. The number of rotatable bonds is 3.